The first-order valence-electron chi connectivity index (χ1n) is 5.79. The molecule has 0 amide bonds. The molecule has 0 fully saturated rings. The molecule has 3 nitrogen and oxygen atoms in total. The van der Waals surface area contributed by atoms with Gasteiger partial charge in [0.1, 0.15) is 0 Å². The number of ketones is 1. The van der Waals surface area contributed by atoms with Crippen LogP contribution in [-0.4, -0.2) is 16.9 Å². The highest BCUT2D eigenvalue weighted by atomic mass is 35.5. The Balaban J connectivity index is 2.21. The lowest BCUT2D eigenvalue weighted by Gasteiger charge is -2.20. The smallest absolute Gasteiger partial charge is 0.304 e. The fourth-order valence-corrected chi connectivity index (χ4v) is 2.44. The first-order chi connectivity index (χ1) is 8.58. The summed E-state index contributed by atoms with van der Waals surface area (Å²) in [7, 11) is 0. The summed E-state index contributed by atoms with van der Waals surface area (Å²) in [5.74, 6) is -1.43. The van der Waals surface area contributed by atoms with Crippen molar-refractivity contribution in [1.29, 1.82) is 0 Å². The lowest BCUT2D eigenvalue weighted by molar-refractivity contribution is -0.140. The number of carbonyl (C=O) groups excluding carboxylic acids is 1. The van der Waals surface area contributed by atoms with Crippen molar-refractivity contribution < 1.29 is 14.7 Å². The van der Waals surface area contributed by atoms with Crippen LogP contribution in [-0.2, 0) is 9.59 Å². The molecule has 1 N–H and O–H groups in total. The maximum absolute atomic E-state index is 11.8. The summed E-state index contributed by atoms with van der Waals surface area (Å²) in [6.07, 6.45) is 2.71. The number of carbonyl (C=O) groups is 2. The molecule has 1 aromatic carbocycles. The normalized spacial score (nSPS) is 19.5. The van der Waals surface area contributed by atoms with Crippen LogP contribution in [0.5, 0.6) is 0 Å². The topological polar surface area (TPSA) is 54.4 Å². The van der Waals surface area contributed by atoms with E-state index in [9.17, 15) is 9.59 Å². The zero-order chi connectivity index (χ0) is 13.1. The van der Waals surface area contributed by atoms with Crippen LogP contribution in [0.1, 0.15) is 24.8 Å². The van der Waals surface area contributed by atoms with Crippen LogP contribution >= 0.6 is 11.6 Å². The molecule has 0 aromatic heterocycles. The molecule has 4 heteroatoms. The van der Waals surface area contributed by atoms with Gasteiger partial charge in [0.05, 0.1) is 6.42 Å². The van der Waals surface area contributed by atoms with Gasteiger partial charge in [-0.1, -0.05) is 29.8 Å². The van der Waals surface area contributed by atoms with Crippen LogP contribution in [0, 0.1) is 5.92 Å². The van der Waals surface area contributed by atoms with Crippen molar-refractivity contribution in [3.05, 3.63) is 40.9 Å². The summed E-state index contributed by atoms with van der Waals surface area (Å²) in [6.45, 7) is 0. The van der Waals surface area contributed by atoms with Crippen LogP contribution in [0.15, 0.2) is 30.3 Å². The van der Waals surface area contributed by atoms with Gasteiger partial charge in [-0.3, -0.25) is 9.59 Å². The molecule has 94 valence electrons. The van der Waals surface area contributed by atoms with E-state index in [-0.39, 0.29) is 12.2 Å². The van der Waals surface area contributed by atoms with Crippen molar-refractivity contribution in [1.82, 2.24) is 0 Å². The first kappa shape index (κ1) is 12.8. The molecule has 0 spiro atoms. The number of aliphatic carboxylic acids is 1. The molecule has 0 aliphatic heterocycles. The number of halogens is 1. The van der Waals surface area contributed by atoms with Gasteiger partial charge in [0.25, 0.3) is 0 Å². The number of hydrogen-bond donors (Lipinski definition) is 1. The molecule has 1 aliphatic carbocycles. The van der Waals surface area contributed by atoms with Crippen molar-refractivity contribution in [2.45, 2.75) is 19.3 Å². The highest BCUT2D eigenvalue weighted by Gasteiger charge is 2.25. The summed E-state index contributed by atoms with van der Waals surface area (Å²) >= 11 is 6.08. The average molecular weight is 265 g/mol. The van der Waals surface area contributed by atoms with E-state index in [1.54, 1.807) is 12.1 Å². The van der Waals surface area contributed by atoms with Crippen LogP contribution in [0.2, 0.25) is 5.02 Å². The number of hydrogen-bond acceptors (Lipinski definition) is 2. The number of carboxylic acid groups (broad SMARTS) is 1. The van der Waals surface area contributed by atoms with Crippen molar-refractivity contribution in [2.24, 2.45) is 5.92 Å². The molecule has 1 unspecified atom stereocenters. The van der Waals surface area contributed by atoms with Gasteiger partial charge in [-0.15, -0.1) is 0 Å². The van der Waals surface area contributed by atoms with E-state index in [1.807, 2.05) is 18.2 Å². The molecular weight excluding hydrogens is 252 g/mol. The predicted molar refractivity (Wildman–Crippen MR) is 69.4 cm³/mol. The van der Waals surface area contributed by atoms with Crippen LogP contribution in [0.4, 0.5) is 0 Å². The Bertz CT molecular complexity index is 520. The lowest BCUT2D eigenvalue weighted by Crippen LogP contribution is -2.20. The Labute approximate surface area is 110 Å². The largest absolute Gasteiger partial charge is 0.481 e. The van der Waals surface area contributed by atoms with Gasteiger partial charge in [-0.2, -0.15) is 0 Å². The molecule has 0 bridgehead atoms. The minimum Gasteiger partial charge on any atom is -0.481 e. The molecule has 0 heterocycles. The fraction of sp³-hybridized carbons (Fsp3) is 0.286. The van der Waals surface area contributed by atoms with Gasteiger partial charge in [-0.25, -0.2) is 0 Å². The number of carboxylic acids is 1. The predicted octanol–water partition coefficient (Wildman–Crippen LogP) is 3.18. The van der Waals surface area contributed by atoms with E-state index in [1.165, 1.54) is 0 Å². The van der Waals surface area contributed by atoms with E-state index in [0.717, 1.165) is 11.1 Å². The summed E-state index contributed by atoms with van der Waals surface area (Å²) in [5, 5.41) is 9.34. The second kappa shape index (κ2) is 5.36. The molecule has 0 radical (unpaired) electrons. The van der Waals surface area contributed by atoms with Crippen molar-refractivity contribution >= 4 is 28.9 Å². The van der Waals surface area contributed by atoms with Crippen molar-refractivity contribution in [2.75, 3.05) is 0 Å². The molecule has 0 saturated carbocycles. The van der Waals surface area contributed by atoms with Gasteiger partial charge in [-0.05, 0) is 36.1 Å². The van der Waals surface area contributed by atoms with Crippen molar-refractivity contribution in [3.63, 3.8) is 0 Å². The molecule has 2 rings (SSSR count). The summed E-state index contributed by atoms with van der Waals surface area (Å²) in [6, 6.07) is 7.37. The maximum Gasteiger partial charge on any atom is 0.304 e. The van der Waals surface area contributed by atoms with E-state index in [2.05, 4.69) is 0 Å². The fourth-order valence-electron chi connectivity index (χ4n) is 2.18. The standard InChI is InChI=1S/C14H13ClO3/c15-12-4-2-1-3-11(12)9-5-6-10(8-14(17)18)13(16)7-9/h1-4,7,10H,5-6,8H2,(H,17,18). The highest BCUT2D eigenvalue weighted by molar-refractivity contribution is 6.32. The Kier molecular flexibility index (Phi) is 3.82. The van der Waals surface area contributed by atoms with Crippen LogP contribution < -0.4 is 0 Å². The van der Waals surface area contributed by atoms with Gasteiger partial charge in [0, 0.05) is 10.9 Å². The molecule has 1 aliphatic rings. The minimum atomic E-state index is -0.928. The number of benzene rings is 1. The Morgan fingerprint density at radius 1 is 1.39 bits per heavy atom. The van der Waals surface area contributed by atoms with Crippen LogP contribution in [0.3, 0.4) is 0 Å². The SMILES string of the molecule is O=C(O)CC1CCC(c2ccccc2Cl)=CC1=O. The third kappa shape index (κ3) is 2.79. The number of rotatable bonds is 3. The molecule has 0 saturated heterocycles. The van der Waals surface area contributed by atoms with Crippen LogP contribution in [0.25, 0.3) is 5.57 Å². The van der Waals surface area contributed by atoms with Gasteiger partial charge >= 0.3 is 5.97 Å². The Morgan fingerprint density at radius 2 is 2.11 bits per heavy atom. The average Bonchev–Trinajstić information content (AvgIpc) is 2.32. The molecular formula is C14H13ClO3. The van der Waals surface area contributed by atoms with Gasteiger partial charge in [0.2, 0.25) is 0 Å². The Morgan fingerprint density at radius 3 is 2.72 bits per heavy atom. The van der Waals surface area contributed by atoms with Gasteiger partial charge < -0.3 is 5.11 Å². The zero-order valence-corrected chi connectivity index (χ0v) is 10.5. The van der Waals surface area contributed by atoms with E-state index >= 15 is 0 Å². The quantitative estimate of drug-likeness (QED) is 0.912. The molecule has 1 atom stereocenters. The zero-order valence-electron chi connectivity index (χ0n) is 9.73. The third-order valence-electron chi connectivity index (χ3n) is 3.12. The Hall–Kier alpha value is -1.61. The van der Waals surface area contributed by atoms with E-state index in [0.29, 0.717) is 17.9 Å². The summed E-state index contributed by atoms with van der Waals surface area (Å²) < 4.78 is 0. The van der Waals surface area contributed by atoms with E-state index < -0.39 is 11.9 Å². The maximum atomic E-state index is 11.8. The van der Waals surface area contributed by atoms with E-state index in [4.69, 9.17) is 16.7 Å². The molecule has 18 heavy (non-hydrogen) atoms. The lowest BCUT2D eigenvalue weighted by atomic mass is 9.84. The molecule has 1 aromatic rings. The second-order valence-corrected chi connectivity index (χ2v) is 4.79. The first-order valence-corrected chi connectivity index (χ1v) is 6.17. The third-order valence-corrected chi connectivity index (χ3v) is 3.45. The number of allylic oxidation sites excluding steroid dienone is 2. The van der Waals surface area contributed by atoms with Crippen molar-refractivity contribution in [3.8, 4) is 0 Å². The summed E-state index contributed by atoms with van der Waals surface area (Å²) in [4.78, 5) is 22.5. The van der Waals surface area contributed by atoms with Gasteiger partial charge in [0.15, 0.2) is 5.78 Å². The minimum absolute atomic E-state index is 0.0921. The monoisotopic (exact) mass is 264 g/mol. The second-order valence-electron chi connectivity index (χ2n) is 4.39. The highest BCUT2D eigenvalue weighted by Crippen LogP contribution is 2.33. The summed E-state index contributed by atoms with van der Waals surface area (Å²) in [5.41, 5.74) is 1.76.